The van der Waals surface area contributed by atoms with Gasteiger partial charge in [0.2, 0.25) is 5.91 Å². The standard InChI is InChI=1S/C23H20FN3O2/c1-15-11-16(7-8-19(15)24)14-26-18(13-22(25)28)12-21-20(26)9-10-23(29)27(21)17-5-3-2-4-6-17/h2-12H,13-14H2,1H3,(H2,25,28). The Kier molecular flexibility index (Phi) is 4.76. The second-order valence-corrected chi connectivity index (χ2v) is 7.06. The number of hydrogen-bond acceptors (Lipinski definition) is 2. The Morgan fingerprint density at radius 2 is 1.76 bits per heavy atom. The van der Waals surface area contributed by atoms with Crippen LogP contribution in [0, 0.1) is 12.7 Å². The van der Waals surface area contributed by atoms with Crippen LogP contribution in [0.2, 0.25) is 0 Å². The summed E-state index contributed by atoms with van der Waals surface area (Å²) in [5.41, 5.74) is 9.67. The number of halogens is 1. The van der Waals surface area contributed by atoms with Gasteiger partial charge in [0.05, 0.1) is 17.5 Å². The van der Waals surface area contributed by atoms with Crippen LogP contribution >= 0.6 is 0 Å². The molecule has 0 aliphatic heterocycles. The molecule has 0 bridgehead atoms. The number of rotatable bonds is 5. The first-order chi connectivity index (χ1) is 13.9. The van der Waals surface area contributed by atoms with Gasteiger partial charge in [-0.3, -0.25) is 14.2 Å². The van der Waals surface area contributed by atoms with E-state index < -0.39 is 5.91 Å². The minimum absolute atomic E-state index is 0.0395. The number of pyridine rings is 1. The number of benzene rings is 2. The molecule has 0 atom stereocenters. The Morgan fingerprint density at radius 1 is 1.00 bits per heavy atom. The molecule has 2 N–H and O–H groups in total. The second-order valence-electron chi connectivity index (χ2n) is 7.06. The number of carbonyl (C=O) groups excluding carboxylic acids is 1. The van der Waals surface area contributed by atoms with E-state index in [4.69, 9.17) is 5.73 Å². The number of nitrogens with zero attached hydrogens (tertiary/aromatic N) is 2. The fraction of sp³-hybridized carbons (Fsp3) is 0.130. The van der Waals surface area contributed by atoms with Gasteiger partial charge in [-0.2, -0.15) is 0 Å². The van der Waals surface area contributed by atoms with Gasteiger partial charge in [-0.15, -0.1) is 0 Å². The zero-order valence-electron chi connectivity index (χ0n) is 15.9. The molecule has 6 heteroatoms. The number of aromatic nitrogens is 2. The Morgan fingerprint density at radius 3 is 2.45 bits per heavy atom. The Bertz CT molecular complexity index is 1270. The molecule has 0 spiro atoms. The SMILES string of the molecule is Cc1cc(Cn2c(CC(N)=O)cc3c2ccc(=O)n3-c2ccccc2)ccc1F. The Labute approximate surface area is 166 Å². The minimum Gasteiger partial charge on any atom is -0.369 e. The molecule has 0 saturated carbocycles. The van der Waals surface area contributed by atoms with Gasteiger partial charge in [-0.05, 0) is 48.4 Å². The number of fused-ring (bicyclic) bond motifs is 1. The summed E-state index contributed by atoms with van der Waals surface area (Å²) in [7, 11) is 0. The molecule has 0 radical (unpaired) electrons. The fourth-order valence-electron chi connectivity index (χ4n) is 3.64. The number of carbonyl (C=O) groups is 1. The van der Waals surface area contributed by atoms with Crippen molar-refractivity contribution in [2.24, 2.45) is 5.73 Å². The molecule has 2 aromatic carbocycles. The molecule has 146 valence electrons. The van der Waals surface area contributed by atoms with Gasteiger partial charge >= 0.3 is 0 Å². The summed E-state index contributed by atoms with van der Waals surface area (Å²) in [5, 5.41) is 0. The average Bonchev–Trinajstić information content (AvgIpc) is 3.01. The van der Waals surface area contributed by atoms with Crippen molar-refractivity contribution in [2.75, 3.05) is 0 Å². The summed E-state index contributed by atoms with van der Waals surface area (Å²) < 4.78 is 17.2. The van der Waals surface area contributed by atoms with Crippen molar-refractivity contribution in [3.8, 4) is 5.69 Å². The van der Waals surface area contributed by atoms with Crippen LogP contribution in [0.5, 0.6) is 0 Å². The molecule has 2 heterocycles. The number of primary amides is 1. The van der Waals surface area contributed by atoms with Crippen LogP contribution in [0.3, 0.4) is 0 Å². The number of aryl methyl sites for hydroxylation is 1. The third-order valence-electron chi connectivity index (χ3n) is 4.98. The van der Waals surface area contributed by atoms with Gasteiger partial charge in [-0.25, -0.2) is 4.39 Å². The molecule has 2 aromatic heterocycles. The highest BCUT2D eigenvalue weighted by molar-refractivity contribution is 5.83. The lowest BCUT2D eigenvalue weighted by molar-refractivity contribution is -0.117. The molecule has 4 rings (SSSR count). The van der Waals surface area contributed by atoms with Crippen LogP contribution in [-0.4, -0.2) is 15.0 Å². The molecule has 4 aromatic rings. The van der Waals surface area contributed by atoms with Crippen LogP contribution in [0.1, 0.15) is 16.8 Å². The van der Waals surface area contributed by atoms with Crippen molar-refractivity contribution in [3.63, 3.8) is 0 Å². The lowest BCUT2D eigenvalue weighted by atomic mass is 10.1. The first kappa shape index (κ1) is 18.7. The maximum Gasteiger partial charge on any atom is 0.255 e. The minimum atomic E-state index is -0.460. The third-order valence-corrected chi connectivity index (χ3v) is 4.98. The van der Waals surface area contributed by atoms with E-state index in [2.05, 4.69) is 0 Å². The van der Waals surface area contributed by atoms with Crippen LogP contribution in [0.25, 0.3) is 16.7 Å². The van der Waals surface area contributed by atoms with Crippen LogP contribution in [-0.2, 0) is 17.8 Å². The van der Waals surface area contributed by atoms with Crippen molar-refractivity contribution in [1.82, 2.24) is 9.13 Å². The zero-order chi connectivity index (χ0) is 20.5. The maximum absolute atomic E-state index is 13.7. The summed E-state index contributed by atoms with van der Waals surface area (Å²) in [6, 6.07) is 19.3. The molecule has 0 aliphatic rings. The average molecular weight is 389 g/mol. The Hall–Kier alpha value is -3.67. The van der Waals surface area contributed by atoms with E-state index in [1.165, 1.54) is 12.1 Å². The lowest BCUT2D eigenvalue weighted by Crippen LogP contribution is -2.17. The van der Waals surface area contributed by atoms with E-state index in [9.17, 15) is 14.0 Å². The van der Waals surface area contributed by atoms with Crippen molar-refractivity contribution < 1.29 is 9.18 Å². The summed E-state index contributed by atoms with van der Waals surface area (Å²) in [6.45, 7) is 2.14. The number of amides is 1. The normalized spacial score (nSPS) is 11.1. The second kappa shape index (κ2) is 7.39. The number of nitrogens with two attached hydrogens (primary N) is 1. The van der Waals surface area contributed by atoms with Gasteiger partial charge in [0, 0.05) is 24.0 Å². The first-order valence-corrected chi connectivity index (χ1v) is 9.27. The summed E-state index contributed by atoms with van der Waals surface area (Å²) in [4.78, 5) is 24.3. The summed E-state index contributed by atoms with van der Waals surface area (Å²) in [6.07, 6.45) is 0.0395. The van der Waals surface area contributed by atoms with Crippen LogP contribution in [0.15, 0.2) is 71.5 Å². The van der Waals surface area contributed by atoms with Gasteiger partial charge in [0.1, 0.15) is 5.82 Å². The maximum atomic E-state index is 13.7. The Balaban J connectivity index is 1.93. The topological polar surface area (TPSA) is 70.0 Å². The zero-order valence-corrected chi connectivity index (χ0v) is 15.9. The van der Waals surface area contributed by atoms with E-state index in [0.717, 1.165) is 16.8 Å². The molecule has 1 amide bonds. The monoisotopic (exact) mass is 389 g/mol. The van der Waals surface area contributed by atoms with Gasteiger partial charge in [0.15, 0.2) is 0 Å². The van der Waals surface area contributed by atoms with Gasteiger partial charge in [-0.1, -0.05) is 30.3 Å². The molecule has 0 fully saturated rings. The molecular weight excluding hydrogens is 369 g/mol. The van der Waals surface area contributed by atoms with Crippen molar-refractivity contribution in [2.45, 2.75) is 19.9 Å². The summed E-state index contributed by atoms with van der Waals surface area (Å²) >= 11 is 0. The number of hydrogen-bond donors (Lipinski definition) is 1. The predicted molar refractivity (Wildman–Crippen MR) is 111 cm³/mol. The van der Waals surface area contributed by atoms with Crippen LogP contribution < -0.4 is 11.3 Å². The van der Waals surface area contributed by atoms with Crippen molar-refractivity contribution >= 4 is 16.9 Å². The third kappa shape index (κ3) is 3.57. The molecular formula is C23H20FN3O2. The molecule has 5 nitrogen and oxygen atoms in total. The molecule has 0 aliphatic carbocycles. The summed E-state index contributed by atoms with van der Waals surface area (Å²) in [5.74, 6) is -0.723. The highest BCUT2D eigenvalue weighted by atomic mass is 19.1. The highest BCUT2D eigenvalue weighted by Gasteiger charge is 2.16. The van der Waals surface area contributed by atoms with E-state index in [0.29, 0.717) is 23.3 Å². The smallest absolute Gasteiger partial charge is 0.255 e. The van der Waals surface area contributed by atoms with E-state index in [1.807, 2.05) is 41.0 Å². The molecule has 0 saturated heterocycles. The predicted octanol–water partition coefficient (Wildman–Crippen LogP) is 3.32. The van der Waals surface area contributed by atoms with Crippen LogP contribution in [0.4, 0.5) is 4.39 Å². The van der Waals surface area contributed by atoms with E-state index in [-0.39, 0.29) is 17.8 Å². The van der Waals surface area contributed by atoms with E-state index in [1.54, 1.807) is 29.7 Å². The highest BCUT2D eigenvalue weighted by Crippen LogP contribution is 2.24. The molecule has 0 unspecified atom stereocenters. The largest absolute Gasteiger partial charge is 0.369 e. The van der Waals surface area contributed by atoms with Gasteiger partial charge < -0.3 is 10.3 Å². The van der Waals surface area contributed by atoms with E-state index >= 15 is 0 Å². The van der Waals surface area contributed by atoms with Crippen molar-refractivity contribution in [1.29, 1.82) is 0 Å². The number of para-hydroxylation sites is 1. The first-order valence-electron chi connectivity index (χ1n) is 9.27. The van der Waals surface area contributed by atoms with Gasteiger partial charge in [0.25, 0.3) is 5.56 Å². The fourth-order valence-corrected chi connectivity index (χ4v) is 3.64. The quantitative estimate of drug-likeness (QED) is 0.569. The lowest BCUT2D eigenvalue weighted by Gasteiger charge is -2.12. The van der Waals surface area contributed by atoms with Crippen molar-refractivity contribution in [3.05, 3.63) is 99.7 Å². The molecule has 29 heavy (non-hydrogen) atoms.